The molecule has 5 nitrogen and oxygen atoms in total. The average Bonchev–Trinajstić information content (AvgIpc) is 2.69. The van der Waals surface area contributed by atoms with Crippen LogP contribution in [0.4, 0.5) is 3.89 Å². The Hall–Kier alpha value is -2.77. The molecule has 1 heterocycles. The molecule has 0 aliphatic heterocycles. The number of nitrogens with zero attached hydrogens (tertiary/aromatic N) is 1. The molecular formula is C21H22FNO4S. The van der Waals surface area contributed by atoms with Crippen molar-refractivity contribution in [1.82, 2.24) is 4.58 Å². The molecule has 3 aromatic rings. The van der Waals surface area contributed by atoms with Gasteiger partial charge in [0.1, 0.15) is 24.6 Å². The van der Waals surface area contributed by atoms with E-state index in [0.29, 0.717) is 0 Å². The van der Waals surface area contributed by atoms with Gasteiger partial charge in [0.05, 0.1) is 12.1 Å². The van der Waals surface area contributed by atoms with Crippen LogP contribution in [0.2, 0.25) is 0 Å². The largest absolute Gasteiger partial charge is 0.722 e. The van der Waals surface area contributed by atoms with Gasteiger partial charge in [-0.1, -0.05) is 60.7 Å². The van der Waals surface area contributed by atoms with Crippen LogP contribution in [0.1, 0.15) is 13.8 Å². The molecule has 0 radical (unpaired) electrons. The maximum absolute atomic E-state index is 10.1. The topological polar surface area (TPSA) is 73.3 Å². The van der Waals surface area contributed by atoms with E-state index >= 15 is 0 Å². The summed E-state index contributed by atoms with van der Waals surface area (Å²) >= 11 is 0. The Morgan fingerprint density at radius 1 is 0.857 bits per heavy atom. The van der Waals surface area contributed by atoms with Crippen LogP contribution in [-0.4, -0.2) is 26.1 Å². The van der Waals surface area contributed by atoms with E-state index in [2.05, 4.69) is 54.8 Å². The van der Waals surface area contributed by atoms with Gasteiger partial charge in [-0.25, -0.2) is 13.0 Å². The van der Waals surface area contributed by atoms with Crippen LogP contribution in [0, 0.1) is 0 Å². The van der Waals surface area contributed by atoms with Crippen molar-refractivity contribution in [2.75, 3.05) is 13.1 Å². The zero-order valence-corrected chi connectivity index (χ0v) is 16.5. The van der Waals surface area contributed by atoms with Gasteiger partial charge in [0.25, 0.3) is 10.5 Å². The van der Waals surface area contributed by atoms with Crippen molar-refractivity contribution in [3.8, 4) is 22.6 Å². The summed E-state index contributed by atoms with van der Waals surface area (Å²) in [6.45, 7) is 6.31. The minimum absolute atomic E-state index is 0.897. The Bertz CT molecular complexity index is 988. The van der Waals surface area contributed by atoms with Crippen molar-refractivity contribution >= 4 is 10.5 Å². The summed E-state index contributed by atoms with van der Waals surface area (Å²) in [6.07, 6.45) is 0. The zero-order valence-electron chi connectivity index (χ0n) is 15.7. The highest BCUT2D eigenvalue weighted by Crippen LogP contribution is 2.24. The smallest absolute Gasteiger partial charge is 0.255 e. The maximum Gasteiger partial charge on any atom is 0.255 e. The van der Waals surface area contributed by atoms with Gasteiger partial charge in [-0.15, -0.1) is 3.89 Å². The third kappa shape index (κ3) is 6.75. The fourth-order valence-electron chi connectivity index (χ4n) is 2.75. The quantitative estimate of drug-likeness (QED) is 0.377. The molecule has 1 aromatic heterocycles. The molecule has 0 spiro atoms. The van der Waals surface area contributed by atoms with Crippen molar-refractivity contribution in [3.63, 3.8) is 0 Å². The second-order valence-corrected chi connectivity index (χ2v) is 6.63. The fourth-order valence-corrected chi connectivity index (χ4v) is 2.75. The van der Waals surface area contributed by atoms with Crippen molar-refractivity contribution in [1.29, 1.82) is 0 Å². The second kappa shape index (κ2) is 9.96. The molecule has 148 valence electrons. The van der Waals surface area contributed by atoms with Crippen molar-refractivity contribution in [2.45, 2.75) is 13.8 Å². The maximum atomic E-state index is 10.1. The molecule has 0 bridgehead atoms. The lowest BCUT2D eigenvalue weighted by Gasteiger charge is -2.06. The molecule has 2 aromatic carbocycles. The SMILES string of the molecule is CC[N+](CC)=c1cc(-c2ccccc2)oc(-c2ccccc2)c1.O=S(=O)([O-])F. The number of halogens is 1. The van der Waals surface area contributed by atoms with E-state index in [0.717, 1.165) is 35.7 Å². The molecule has 0 saturated heterocycles. The highest BCUT2D eigenvalue weighted by molar-refractivity contribution is 7.80. The summed E-state index contributed by atoms with van der Waals surface area (Å²) in [5.41, 5.74) is 2.19. The summed E-state index contributed by atoms with van der Waals surface area (Å²) in [4.78, 5) is 0. The first-order chi connectivity index (χ1) is 13.3. The third-order valence-electron chi connectivity index (χ3n) is 4.02. The fraction of sp³-hybridized carbons (Fsp3) is 0.190. The van der Waals surface area contributed by atoms with Gasteiger partial charge in [0.2, 0.25) is 5.36 Å². The van der Waals surface area contributed by atoms with Crippen LogP contribution in [0.5, 0.6) is 0 Å². The van der Waals surface area contributed by atoms with Crippen LogP contribution in [-0.2, 0) is 10.5 Å². The lowest BCUT2D eigenvalue weighted by molar-refractivity contribution is 0.417. The molecule has 28 heavy (non-hydrogen) atoms. The Kier molecular flexibility index (Phi) is 7.66. The number of hydrogen-bond donors (Lipinski definition) is 0. The van der Waals surface area contributed by atoms with Crippen LogP contribution < -0.4 is 9.93 Å². The standard InChI is InChI=1S/C21H22NO.FHO3S/c1-3-22(4-2)19-15-20(17-11-7-5-8-12-17)23-21(16-19)18-13-9-6-10-14-18;1-5(2,3)4/h5-16H,3-4H2,1-2H3;(H,2,3,4)/q+1;/p-1. The molecule has 0 atom stereocenters. The van der Waals surface area contributed by atoms with Crippen LogP contribution >= 0.6 is 0 Å². The van der Waals surface area contributed by atoms with Gasteiger partial charge < -0.3 is 8.97 Å². The number of hydrogen-bond acceptors (Lipinski definition) is 4. The van der Waals surface area contributed by atoms with Crippen molar-refractivity contribution in [3.05, 3.63) is 78.2 Å². The summed E-state index contributed by atoms with van der Waals surface area (Å²) < 4.78 is 43.9. The zero-order chi connectivity index (χ0) is 20.6. The molecule has 0 aliphatic rings. The third-order valence-corrected chi connectivity index (χ3v) is 4.02. The summed E-state index contributed by atoms with van der Waals surface area (Å²) in [6, 6.07) is 24.8. The van der Waals surface area contributed by atoms with Gasteiger partial charge in [0.15, 0.2) is 0 Å². The highest BCUT2D eigenvalue weighted by Gasteiger charge is 2.10. The molecule has 3 rings (SSSR count). The van der Waals surface area contributed by atoms with E-state index in [1.54, 1.807) is 0 Å². The first-order valence-corrected chi connectivity index (χ1v) is 10.1. The molecule has 0 aliphatic carbocycles. The van der Waals surface area contributed by atoms with E-state index in [4.69, 9.17) is 17.4 Å². The minimum Gasteiger partial charge on any atom is -0.722 e. The lowest BCUT2D eigenvalue weighted by Crippen LogP contribution is -2.29. The molecule has 0 N–H and O–H groups in total. The summed E-state index contributed by atoms with van der Waals surface area (Å²) in [7, 11) is -5.42. The van der Waals surface area contributed by atoms with Crippen LogP contribution in [0.3, 0.4) is 0 Å². The first kappa shape index (κ1) is 21.5. The average molecular weight is 403 g/mol. The number of rotatable bonds is 4. The molecule has 0 fully saturated rings. The van der Waals surface area contributed by atoms with Crippen molar-refractivity contribution < 1.29 is 21.3 Å². The monoisotopic (exact) mass is 403 g/mol. The van der Waals surface area contributed by atoms with E-state index < -0.39 is 10.5 Å². The van der Waals surface area contributed by atoms with Gasteiger partial charge in [0, 0.05) is 11.1 Å². The number of benzene rings is 2. The Morgan fingerprint density at radius 3 is 1.54 bits per heavy atom. The first-order valence-electron chi connectivity index (χ1n) is 8.81. The minimum atomic E-state index is -5.42. The lowest BCUT2D eigenvalue weighted by atomic mass is 10.1. The van der Waals surface area contributed by atoms with Gasteiger partial charge in [-0.2, -0.15) is 0 Å². The molecule has 0 saturated carbocycles. The Balaban J connectivity index is 0.000000500. The highest BCUT2D eigenvalue weighted by atomic mass is 32.3. The van der Waals surface area contributed by atoms with E-state index in [1.165, 1.54) is 5.36 Å². The molecule has 0 amide bonds. The second-order valence-electron chi connectivity index (χ2n) is 5.84. The normalized spacial score (nSPS) is 10.7. The predicted molar refractivity (Wildman–Crippen MR) is 107 cm³/mol. The summed E-state index contributed by atoms with van der Waals surface area (Å²) in [5, 5.41) is 1.19. The Labute approximate surface area is 164 Å². The van der Waals surface area contributed by atoms with Crippen molar-refractivity contribution in [2.24, 2.45) is 0 Å². The predicted octanol–water partition coefficient (Wildman–Crippen LogP) is 3.84. The van der Waals surface area contributed by atoms with Gasteiger partial charge in [-0.05, 0) is 13.8 Å². The Morgan fingerprint density at radius 2 is 1.21 bits per heavy atom. The van der Waals surface area contributed by atoms with Gasteiger partial charge >= 0.3 is 0 Å². The van der Waals surface area contributed by atoms with Gasteiger partial charge in [-0.3, -0.25) is 0 Å². The van der Waals surface area contributed by atoms with Crippen LogP contribution in [0.15, 0.2) is 77.2 Å². The van der Waals surface area contributed by atoms with E-state index in [-0.39, 0.29) is 0 Å². The molecule has 0 unspecified atom stereocenters. The van der Waals surface area contributed by atoms with E-state index in [9.17, 15) is 3.89 Å². The summed E-state index contributed by atoms with van der Waals surface area (Å²) in [5.74, 6) is 1.79. The van der Waals surface area contributed by atoms with Crippen LogP contribution in [0.25, 0.3) is 22.6 Å². The molecule has 7 heteroatoms. The van der Waals surface area contributed by atoms with E-state index in [1.807, 2.05) is 36.4 Å². The molecular weight excluding hydrogens is 381 g/mol.